The van der Waals surface area contributed by atoms with Gasteiger partial charge in [-0.25, -0.2) is 9.59 Å². The molecule has 3 rings (SSSR count). The quantitative estimate of drug-likeness (QED) is 0.130. The van der Waals surface area contributed by atoms with Gasteiger partial charge in [0.25, 0.3) is 10.1 Å². The van der Waals surface area contributed by atoms with Gasteiger partial charge in [0, 0.05) is 6.42 Å². The smallest absolute Gasteiger partial charge is 0.338 e. The molecule has 0 bridgehead atoms. The predicted molar refractivity (Wildman–Crippen MR) is 139 cm³/mol. The number of esters is 2. The minimum atomic E-state index is -4.64. The Balaban J connectivity index is 1.92. The van der Waals surface area contributed by atoms with E-state index in [0.717, 1.165) is 18.3 Å². The highest BCUT2D eigenvalue weighted by Gasteiger charge is 2.34. The number of nitrogens with one attached hydrogen (secondary N) is 1. The second kappa shape index (κ2) is 13.0. The third-order valence-corrected chi connectivity index (χ3v) is 7.44. The number of hydrogen-bond acceptors (Lipinski definition) is 8. The number of rotatable bonds is 11. The van der Waals surface area contributed by atoms with Crippen LogP contribution in [0.4, 0.5) is 0 Å². The summed E-state index contributed by atoms with van der Waals surface area (Å²) in [5.74, 6) is -1.55. The second-order valence-electron chi connectivity index (χ2n) is 7.50. The number of ether oxygens (including phenoxy) is 2. The van der Waals surface area contributed by atoms with E-state index in [9.17, 15) is 18.0 Å². The Bertz CT molecular complexity index is 1370. The first-order chi connectivity index (χ1) is 17.6. The molecule has 0 aromatic heterocycles. The summed E-state index contributed by atoms with van der Waals surface area (Å²) in [5.41, 5.74) is 0.398. The highest BCUT2D eigenvalue weighted by atomic mass is 35.5. The van der Waals surface area contributed by atoms with Gasteiger partial charge in [-0.2, -0.15) is 8.42 Å². The highest BCUT2D eigenvalue weighted by molar-refractivity contribution is 7.87. The van der Waals surface area contributed by atoms with E-state index in [0.29, 0.717) is 0 Å². The minimum absolute atomic E-state index is 0.0254. The molecule has 0 aliphatic carbocycles. The summed E-state index contributed by atoms with van der Waals surface area (Å²) < 4.78 is 42.5. The van der Waals surface area contributed by atoms with Crippen molar-refractivity contribution in [2.75, 3.05) is 6.61 Å². The first kappa shape index (κ1) is 28.6. The van der Waals surface area contributed by atoms with E-state index in [-0.39, 0.29) is 32.6 Å². The largest absolute Gasteiger partial charge is 0.459 e. The Morgan fingerprint density at radius 1 is 0.811 bits per heavy atom. The molecule has 0 saturated heterocycles. The Labute approximate surface area is 228 Å². The van der Waals surface area contributed by atoms with Crippen LogP contribution in [0.1, 0.15) is 27.1 Å². The van der Waals surface area contributed by atoms with Crippen molar-refractivity contribution < 1.29 is 31.7 Å². The van der Waals surface area contributed by atoms with Crippen LogP contribution in [0.3, 0.4) is 0 Å². The standard InChI is InChI=1S/C25H20Cl3NO7S/c26-18-13-20(28)23(14-19(18)27)37(32,33)36-22(15-34-24(30)16-7-3-1-4-8-16)21(11-12-29)35-25(31)17-9-5-2-6-10-17/h1-10,12-14,21-22,29H,11,15H2/t21-,22+/m0/s1. The minimum Gasteiger partial charge on any atom is -0.459 e. The van der Waals surface area contributed by atoms with Crippen molar-refractivity contribution >= 4 is 63.1 Å². The normalized spacial score (nSPS) is 12.8. The molecule has 2 atom stereocenters. The van der Waals surface area contributed by atoms with Crippen LogP contribution in [-0.4, -0.2) is 45.4 Å². The van der Waals surface area contributed by atoms with Crippen LogP contribution < -0.4 is 0 Å². The van der Waals surface area contributed by atoms with Crippen molar-refractivity contribution in [3.05, 3.63) is 99.0 Å². The van der Waals surface area contributed by atoms with Crippen molar-refractivity contribution in [2.45, 2.75) is 23.5 Å². The molecule has 37 heavy (non-hydrogen) atoms. The molecule has 194 valence electrons. The molecule has 0 heterocycles. The summed E-state index contributed by atoms with van der Waals surface area (Å²) >= 11 is 17.9. The van der Waals surface area contributed by atoms with Crippen molar-refractivity contribution in [2.24, 2.45) is 0 Å². The van der Waals surface area contributed by atoms with Crippen LogP contribution in [-0.2, 0) is 23.8 Å². The van der Waals surface area contributed by atoms with E-state index >= 15 is 0 Å². The fourth-order valence-corrected chi connectivity index (χ4v) is 5.16. The molecule has 0 saturated carbocycles. The molecular weight excluding hydrogens is 565 g/mol. The average Bonchev–Trinajstić information content (AvgIpc) is 2.89. The number of halogens is 3. The zero-order valence-corrected chi connectivity index (χ0v) is 22.1. The van der Waals surface area contributed by atoms with Crippen LogP contribution in [0, 0.1) is 5.41 Å². The lowest BCUT2D eigenvalue weighted by Crippen LogP contribution is -2.39. The molecule has 8 nitrogen and oxygen atoms in total. The van der Waals surface area contributed by atoms with E-state index in [1.807, 2.05) is 0 Å². The fourth-order valence-electron chi connectivity index (χ4n) is 3.09. The zero-order chi connectivity index (χ0) is 27.0. The van der Waals surface area contributed by atoms with Gasteiger partial charge in [-0.15, -0.1) is 0 Å². The SMILES string of the molecule is N=CC[C@H](OC(=O)c1ccccc1)[C@@H](COC(=O)c1ccccc1)OS(=O)(=O)c1cc(Cl)c(Cl)cc1Cl. The number of hydrogen-bond donors (Lipinski definition) is 1. The topological polar surface area (TPSA) is 120 Å². The molecule has 1 N–H and O–H groups in total. The van der Waals surface area contributed by atoms with Gasteiger partial charge in [-0.05, 0) is 42.6 Å². The molecule has 0 fully saturated rings. The summed E-state index contributed by atoms with van der Waals surface area (Å²) in [5, 5.41) is 7.20. The fraction of sp³-hybridized carbons (Fsp3) is 0.160. The maximum Gasteiger partial charge on any atom is 0.338 e. The molecule has 0 unspecified atom stereocenters. The van der Waals surface area contributed by atoms with E-state index in [1.54, 1.807) is 36.4 Å². The maximum absolute atomic E-state index is 13.2. The molecule has 12 heteroatoms. The zero-order valence-electron chi connectivity index (χ0n) is 19.0. The van der Waals surface area contributed by atoms with Gasteiger partial charge in [-0.1, -0.05) is 71.2 Å². The van der Waals surface area contributed by atoms with Crippen LogP contribution in [0.25, 0.3) is 0 Å². The Morgan fingerprint density at radius 2 is 1.35 bits per heavy atom. The molecular formula is C25H20Cl3NO7S. The lowest BCUT2D eigenvalue weighted by molar-refractivity contribution is -0.0288. The van der Waals surface area contributed by atoms with Crippen molar-refractivity contribution in [3.63, 3.8) is 0 Å². The first-order valence-corrected chi connectivity index (χ1v) is 13.2. The molecule has 3 aromatic rings. The second-order valence-corrected chi connectivity index (χ2v) is 10.3. The third kappa shape index (κ3) is 7.77. The summed E-state index contributed by atoms with van der Waals surface area (Å²) in [6, 6.07) is 18.1. The monoisotopic (exact) mass is 583 g/mol. The van der Waals surface area contributed by atoms with Gasteiger partial charge in [0.05, 0.1) is 26.2 Å². The van der Waals surface area contributed by atoms with Gasteiger partial charge < -0.3 is 14.9 Å². The molecule has 0 aliphatic rings. The molecule has 0 radical (unpaired) electrons. The van der Waals surface area contributed by atoms with Crippen LogP contribution in [0.15, 0.2) is 77.7 Å². The van der Waals surface area contributed by atoms with Crippen LogP contribution >= 0.6 is 34.8 Å². The van der Waals surface area contributed by atoms with Crippen LogP contribution in [0.5, 0.6) is 0 Å². The summed E-state index contributed by atoms with van der Waals surface area (Å²) in [6.07, 6.45) is -2.20. The lowest BCUT2D eigenvalue weighted by Gasteiger charge is -2.26. The number of benzene rings is 3. The van der Waals surface area contributed by atoms with E-state index < -0.39 is 45.8 Å². The maximum atomic E-state index is 13.2. The van der Waals surface area contributed by atoms with Gasteiger partial charge in [0.2, 0.25) is 0 Å². The van der Waals surface area contributed by atoms with E-state index in [4.69, 9.17) is 53.9 Å². The van der Waals surface area contributed by atoms with E-state index in [2.05, 4.69) is 0 Å². The van der Waals surface area contributed by atoms with Gasteiger partial charge in [-0.3, -0.25) is 4.18 Å². The molecule has 0 aliphatic heterocycles. The van der Waals surface area contributed by atoms with E-state index in [1.165, 1.54) is 24.3 Å². The van der Waals surface area contributed by atoms with Gasteiger partial charge in [0.1, 0.15) is 23.7 Å². The Kier molecular flexibility index (Phi) is 10.1. The molecule has 0 spiro atoms. The summed E-state index contributed by atoms with van der Waals surface area (Å²) in [4.78, 5) is 24.7. The van der Waals surface area contributed by atoms with Gasteiger partial charge in [0.15, 0.2) is 0 Å². The Hall–Kier alpha value is -2.95. The molecule has 3 aromatic carbocycles. The van der Waals surface area contributed by atoms with Crippen LogP contribution in [0.2, 0.25) is 15.1 Å². The number of carbonyl (C=O) groups is 2. The van der Waals surface area contributed by atoms with Gasteiger partial charge >= 0.3 is 11.9 Å². The highest BCUT2D eigenvalue weighted by Crippen LogP contribution is 2.33. The Morgan fingerprint density at radius 3 is 1.92 bits per heavy atom. The van der Waals surface area contributed by atoms with Crippen molar-refractivity contribution in [1.82, 2.24) is 0 Å². The summed E-state index contributed by atoms with van der Waals surface area (Å²) in [7, 11) is -4.64. The molecule has 0 amide bonds. The average molecular weight is 585 g/mol. The first-order valence-electron chi connectivity index (χ1n) is 10.7. The third-order valence-electron chi connectivity index (χ3n) is 4.92. The van der Waals surface area contributed by atoms with Crippen molar-refractivity contribution in [1.29, 1.82) is 5.41 Å². The lowest BCUT2D eigenvalue weighted by atomic mass is 10.1. The number of carbonyl (C=O) groups excluding carboxylic acids is 2. The summed E-state index contributed by atoms with van der Waals surface area (Å²) in [6.45, 7) is -0.632. The predicted octanol–water partition coefficient (Wildman–Crippen LogP) is 5.84. The van der Waals surface area contributed by atoms with Crippen molar-refractivity contribution in [3.8, 4) is 0 Å².